The van der Waals surface area contributed by atoms with Gasteiger partial charge < -0.3 is 19.7 Å². The molecular weight excluding hydrogens is 196 g/mol. The standard InChI is InChI=1S/C11H16O4/c1-11(2,7-14-3)15-8-4-5-9(12)10(13)6-8/h4-6,12-13H,7H2,1-3H3. The Morgan fingerprint density at radius 1 is 1.20 bits per heavy atom. The van der Waals surface area contributed by atoms with E-state index in [9.17, 15) is 5.11 Å². The fraction of sp³-hybridized carbons (Fsp3) is 0.455. The molecule has 0 saturated heterocycles. The number of aromatic hydroxyl groups is 2. The van der Waals surface area contributed by atoms with Crippen LogP contribution in [0.4, 0.5) is 0 Å². The minimum Gasteiger partial charge on any atom is -0.504 e. The quantitative estimate of drug-likeness (QED) is 0.748. The highest BCUT2D eigenvalue weighted by Crippen LogP contribution is 2.30. The first-order valence-corrected chi connectivity index (χ1v) is 4.64. The molecule has 0 aliphatic heterocycles. The van der Waals surface area contributed by atoms with Gasteiger partial charge in [-0.3, -0.25) is 0 Å². The van der Waals surface area contributed by atoms with Gasteiger partial charge in [-0.2, -0.15) is 0 Å². The van der Waals surface area contributed by atoms with Gasteiger partial charge in [-0.15, -0.1) is 0 Å². The third kappa shape index (κ3) is 3.32. The molecule has 0 aromatic heterocycles. The summed E-state index contributed by atoms with van der Waals surface area (Å²) in [5, 5.41) is 18.4. The molecule has 0 unspecified atom stereocenters. The van der Waals surface area contributed by atoms with Gasteiger partial charge in [-0.1, -0.05) is 0 Å². The van der Waals surface area contributed by atoms with Crippen LogP contribution in [0.3, 0.4) is 0 Å². The maximum absolute atomic E-state index is 9.27. The van der Waals surface area contributed by atoms with Gasteiger partial charge in [0, 0.05) is 13.2 Å². The van der Waals surface area contributed by atoms with Crippen LogP contribution in [0.2, 0.25) is 0 Å². The third-order valence-corrected chi connectivity index (χ3v) is 1.83. The predicted molar refractivity (Wildman–Crippen MR) is 56.4 cm³/mol. The Balaban J connectivity index is 2.76. The second-order valence-corrected chi connectivity index (χ2v) is 3.95. The van der Waals surface area contributed by atoms with Crippen LogP contribution < -0.4 is 4.74 Å². The molecule has 15 heavy (non-hydrogen) atoms. The fourth-order valence-electron chi connectivity index (χ4n) is 1.26. The molecule has 0 atom stereocenters. The maximum atomic E-state index is 9.27. The Bertz CT molecular complexity index is 333. The number of ether oxygens (including phenoxy) is 2. The van der Waals surface area contributed by atoms with Gasteiger partial charge in [0.25, 0.3) is 0 Å². The van der Waals surface area contributed by atoms with Crippen molar-refractivity contribution in [1.29, 1.82) is 0 Å². The molecule has 0 spiro atoms. The van der Waals surface area contributed by atoms with E-state index < -0.39 is 5.60 Å². The Morgan fingerprint density at radius 2 is 1.87 bits per heavy atom. The molecule has 2 N–H and O–H groups in total. The van der Waals surface area contributed by atoms with Gasteiger partial charge in [-0.25, -0.2) is 0 Å². The van der Waals surface area contributed by atoms with E-state index >= 15 is 0 Å². The van der Waals surface area contributed by atoms with E-state index in [0.29, 0.717) is 12.4 Å². The van der Waals surface area contributed by atoms with E-state index in [1.165, 1.54) is 12.1 Å². The van der Waals surface area contributed by atoms with Crippen molar-refractivity contribution in [3.8, 4) is 17.2 Å². The predicted octanol–water partition coefficient (Wildman–Crippen LogP) is 1.90. The molecular formula is C11H16O4. The first-order valence-electron chi connectivity index (χ1n) is 4.64. The van der Waals surface area contributed by atoms with E-state index in [-0.39, 0.29) is 11.5 Å². The summed E-state index contributed by atoms with van der Waals surface area (Å²) < 4.78 is 10.6. The zero-order chi connectivity index (χ0) is 11.5. The van der Waals surface area contributed by atoms with Crippen molar-refractivity contribution in [3.05, 3.63) is 18.2 Å². The Labute approximate surface area is 89.1 Å². The maximum Gasteiger partial charge on any atom is 0.161 e. The van der Waals surface area contributed by atoms with E-state index in [0.717, 1.165) is 0 Å². The molecule has 0 radical (unpaired) electrons. The lowest BCUT2D eigenvalue weighted by molar-refractivity contribution is 0.0179. The van der Waals surface area contributed by atoms with Crippen LogP contribution in [-0.2, 0) is 4.74 Å². The molecule has 0 heterocycles. The molecule has 1 aromatic rings. The largest absolute Gasteiger partial charge is 0.504 e. The van der Waals surface area contributed by atoms with Gasteiger partial charge in [0.15, 0.2) is 11.5 Å². The molecule has 4 heteroatoms. The lowest BCUT2D eigenvalue weighted by atomic mass is 10.1. The zero-order valence-electron chi connectivity index (χ0n) is 9.15. The van der Waals surface area contributed by atoms with Crippen LogP contribution >= 0.6 is 0 Å². The topological polar surface area (TPSA) is 58.9 Å². The van der Waals surface area contributed by atoms with Crippen LogP contribution in [0, 0.1) is 0 Å². The normalized spacial score (nSPS) is 11.4. The van der Waals surface area contributed by atoms with Crippen LogP contribution in [-0.4, -0.2) is 29.5 Å². The van der Waals surface area contributed by atoms with Crippen LogP contribution in [0.5, 0.6) is 17.2 Å². The highest BCUT2D eigenvalue weighted by atomic mass is 16.5. The molecule has 0 saturated carbocycles. The van der Waals surface area contributed by atoms with Crippen molar-refractivity contribution in [2.75, 3.05) is 13.7 Å². The summed E-state index contributed by atoms with van der Waals surface area (Å²) in [7, 11) is 1.60. The highest BCUT2D eigenvalue weighted by Gasteiger charge is 2.19. The van der Waals surface area contributed by atoms with Gasteiger partial charge >= 0.3 is 0 Å². The summed E-state index contributed by atoms with van der Waals surface area (Å²) in [4.78, 5) is 0. The van der Waals surface area contributed by atoms with Gasteiger partial charge in [0.1, 0.15) is 11.4 Å². The van der Waals surface area contributed by atoms with Crippen molar-refractivity contribution in [3.63, 3.8) is 0 Å². The van der Waals surface area contributed by atoms with Crippen LogP contribution in [0.15, 0.2) is 18.2 Å². The van der Waals surface area contributed by atoms with Crippen molar-refractivity contribution >= 4 is 0 Å². The summed E-state index contributed by atoms with van der Waals surface area (Å²) in [6, 6.07) is 4.34. The smallest absolute Gasteiger partial charge is 0.161 e. The molecule has 0 aliphatic rings. The minimum absolute atomic E-state index is 0.160. The number of methoxy groups -OCH3 is 1. The molecule has 0 fully saturated rings. The molecule has 0 aliphatic carbocycles. The lowest BCUT2D eigenvalue weighted by Gasteiger charge is -2.25. The number of rotatable bonds is 4. The molecule has 0 amide bonds. The SMILES string of the molecule is COCC(C)(C)Oc1ccc(O)c(O)c1. The molecule has 1 rings (SSSR count). The van der Waals surface area contributed by atoms with Crippen LogP contribution in [0.1, 0.15) is 13.8 Å². The van der Waals surface area contributed by atoms with Crippen molar-refractivity contribution in [1.82, 2.24) is 0 Å². The fourth-order valence-corrected chi connectivity index (χ4v) is 1.26. The van der Waals surface area contributed by atoms with Gasteiger partial charge in [0.2, 0.25) is 0 Å². The Kier molecular flexibility index (Phi) is 3.42. The average molecular weight is 212 g/mol. The minimum atomic E-state index is -0.474. The van der Waals surface area contributed by atoms with E-state index in [4.69, 9.17) is 14.6 Å². The summed E-state index contributed by atoms with van der Waals surface area (Å²) in [5.74, 6) is 0.139. The van der Waals surface area contributed by atoms with Gasteiger partial charge in [-0.05, 0) is 26.0 Å². The summed E-state index contributed by atoms with van der Waals surface area (Å²) in [6.45, 7) is 4.19. The second kappa shape index (κ2) is 4.40. The molecule has 84 valence electrons. The number of hydrogen-bond acceptors (Lipinski definition) is 4. The number of benzene rings is 1. The third-order valence-electron chi connectivity index (χ3n) is 1.83. The summed E-state index contributed by atoms with van der Waals surface area (Å²) in [6.07, 6.45) is 0. The number of hydrogen-bond donors (Lipinski definition) is 2. The Hall–Kier alpha value is -1.42. The summed E-state index contributed by atoms with van der Waals surface area (Å²) in [5.41, 5.74) is -0.474. The Morgan fingerprint density at radius 3 is 2.40 bits per heavy atom. The zero-order valence-corrected chi connectivity index (χ0v) is 9.15. The number of phenols is 2. The monoisotopic (exact) mass is 212 g/mol. The van der Waals surface area contributed by atoms with E-state index in [1.54, 1.807) is 13.2 Å². The highest BCUT2D eigenvalue weighted by molar-refractivity contribution is 5.43. The number of phenolic OH excluding ortho intramolecular Hbond substituents is 2. The van der Waals surface area contributed by atoms with Crippen molar-refractivity contribution in [2.24, 2.45) is 0 Å². The first kappa shape index (κ1) is 11.7. The van der Waals surface area contributed by atoms with Gasteiger partial charge in [0.05, 0.1) is 6.61 Å². The average Bonchev–Trinajstić information content (AvgIpc) is 2.10. The first-order chi connectivity index (χ1) is 6.94. The van der Waals surface area contributed by atoms with Crippen molar-refractivity contribution < 1.29 is 19.7 Å². The molecule has 1 aromatic carbocycles. The second-order valence-electron chi connectivity index (χ2n) is 3.95. The summed E-state index contributed by atoms with van der Waals surface area (Å²) >= 11 is 0. The molecule has 0 bridgehead atoms. The lowest BCUT2D eigenvalue weighted by Crippen LogP contribution is -2.33. The van der Waals surface area contributed by atoms with Crippen molar-refractivity contribution in [2.45, 2.75) is 19.4 Å². The van der Waals surface area contributed by atoms with E-state index in [1.807, 2.05) is 13.8 Å². The van der Waals surface area contributed by atoms with Crippen LogP contribution in [0.25, 0.3) is 0 Å². The molecule has 4 nitrogen and oxygen atoms in total. The van der Waals surface area contributed by atoms with E-state index in [2.05, 4.69) is 0 Å².